The number of ether oxygens (including phenoxy) is 1. The van der Waals surface area contributed by atoms with Crippen molar-refractivity contribution in [1.82, 2.24) is 10.2 Å². The van der Waals surface area contributed by atoms with Gasteiger partial charge in [-0.2, -0.15) is 0 Å². The second kappa shape index (κ2) is 13.3. The Morgan fingerprint density at radius 1 is 1.03 bits per heavy atom. The van der Waals surface area contributed by atoms with Gasteiger partial charge in [-0.25, -0.2) is 0 Å². The molecule has 5 nitrogen and oxygen atoms in total. The number of carbonyl (C=O) groups excluding carboxylic acids is 2. The first-order valence-electron chi connectivity index (χ1n) is 11.1. The van der Waals surface area contributed by atoms with Crippen LogP contribution < -0.4 is 10.1 Å². The number of hydrogen-bond acceptors (Lipinski definition) is 3. The third-order valence-electron chi connectivity index (χ3n) is 5.27. The molecule has 2 rings (SSSR count). The average molecular weight is 479 g/mol. The summed E-state index contributed by atoms with van der Waals surface area (Å²) in [5.74, 6) is 0.529. The van der Waals surface area contributed by atoms with Gasteiger partial charge in [-0.15, -0.1) is 0 Å². The number of hydrogen-bond donors (Lipinski definition) is 1. The summed E-state index contributed by atoms with van der Waals surface area (Å²) in [6.45, 7) is 6.58. The molecule has 7 heteroatoms. The van der Waals surface area contributed by atoms with E-state index < -0.39 is 6.04 Å². The van der Waals surface area contributed by atoms with Gasteiger partial charge in [0.2, 0.25) is 11.8 Å². The molecule has 2 aromatic carbocycles. The molecule has 0 radical (unpaired) electrons. The van der Waals surface area contributed by atoms with E-state index in [9.17, 15) is 9.59 Å². The molecule has 0 saturated carbocycles. The molecule has 0 aliphatic heterocycles. The molecule has 0 aliphatic rings. The summed E-state index contributed by atoms with van der Waals surface area (Å²) in [5, 5.41) is 3.88. The first kappa shape index (κ1) is 26.0. The Morgan fingerprint density at radius 2 is 1.75 bits per heavy atom. The van der Waals surface area contributed by atoms with Crippen molar-refractivity contribution in [2.75, 3.05) is 6.61 Å². The molecule has 2 atom stereocenters. The summed E-state index contributed by atoms with van der Waals surface area (Å²) >= 11 is 12.2. The van der Waals surface area contributed by atoms with Crippen molar-refractivity contribution in [2.45, 2.75) is 65.1 Å². The van der Waals surface area contributed by atoms with Crippen molar-refractivity contribution in [2.24, 2.45) is 0 Å². The highest BCUT2D eigenvalue weighted by molar-refractivity contribution is 6.42. The smallest absolute Gasteiger partial charge is 0.243 e. The minimum absolute atomic E-state index is 0.0396. The van der Waals surface area contributed by atoms with Crippen molar-refractivity contribution < 1.29 is 14.3 Å². The molecular weight excluding hydrogens is 447 g/mol. The van der Waals surface area contributed by atoms with E-state index in [0.29, 0.717) is 29.5 Å². The SMILES string of the molecule is CC[C@H](C(=O)N[C@@H](C)CC)N(Cc1ccc(Cl)c(Cl)c1)C(=O)CCCOc1ccccc1. The van der Waals surface area contributed by atoms with Gasteiger partial charge in [0.15, 0.2) is 0 Å². The van der Waals surface area contributed by atoms with Gasteiger partial charge in [0.05, 0.1) is 16.7 Å². The summed E-state index contributed by atoms with van der Waals surface area (Å²) in [6.07, 6.45) is 2.16. The predicted octanol–water partition coefficient (Wildman–Crippen LogP) is 5.87. The second-order valence-electron chi connectivity index (χ2n) is 7.78. The molecule has 0 bridgehead atoms. The van der Waals surface area contributed by atoms with Crippen molar-refractivity contribution in [3.63, 3.8) is 0 Å². The molecule has 0 aliphatic carbocycles. The zero-order chi connectivity index (χ0) is 23.5. The van der Waals surface area contributed by atoms with Crippen LogP contribution in [0.1, 0.15) is 52.0 Å². The topological polar surface area (TPSA) is 58.6 Å². The molecule has 0 unspecified atom stereocenters. The third-order valence-corrected chi connectivity index (χ3v) is 6.01. The number of carbonyl (C=O) groups is 2. The molecule has 1 N–H and O–H groups in total. The van der Waals surface area contributed by atoms with Gasteiger partial charge in [0.1, 0.15) is 11.8 Å². The highest BCUT2D eigenvalue weighted by atomic mass is 35.5. The number of nitrogens with one attached hydrogen (secondary N) is 1. The van der Waals surface area contributed by atoms with Gasteiger partial charge in [0, 0.05) is 19.0 Å². The molecule has 0 spiro atoms. The first-order valence-corrected chi connectivity index (χ1v) is 11.8. The Hall–Kier alpha value is -2.24. The lowest BCUT2D eigenvalue weighted by Gasteiger charge is -2.31. The summed E-state index contributed by atoms with van der Waals surface area (Å²) < 4.78 is 5.70. The molecule has 174 valence electrons. The fourth-order valence-electron chi connectivity index (χ4n) is 3.27. The lowest BCUT2D eigenvalue weighted by Crippen LogP contribution is -2.50. The molecule has 0 saturated heterocycles. The van der Waals surface area contributed by atoms with Crippen LogP contribution in [0.5, 0.6) is 5.75 Å². The Morgan fingerprint density at radius 3 is 2.38 bits per heavy atom. The number of para-hydroxylation sites is 1. The number of amides is 2. The molecule has 32 heavy (non-hydrogen) atoms. The van der Waals surface area contributed by atoms with Crippen LogP contribution in [0.15, 0.2) is 48.5 Å². The van der Waals surface area contributed by atoms with Gasteiger partial charge in [-0.05, 0) is 56.0 Å². The monoisotopic (exact) mass is 478 g/mol. The molecule has 0 heterocycles. The largest absolute Gasteiger partial charge is 0.494 e. The van der Waals surface area contributed by atoms with Crippen molar-refractivity contribution in [3.05, 3.63) is 64.1 Å². The molecular formula is C25H32Cl2N2O3. The maximum atomic E-state index is 13.2. The predicted molar refractivity (Wildman–Crippen MR) is 130 cm³/mol. The molecule has 0 fully saturated rings. The average Bonchev–Trinajstić information content (AvgIpc) is 2.79. The number of halogens is 2. The van der Waals surface area contributed by atoms with E-state index in [1.807, 2.05) is 57.2 Å². The molecule has 0 aromatic heterocycles. The highest BCUT2D eigenvalue weighted by Crippen LogP contribution is 2.24. The van der Waals surface area contributed by atoms with Crippen LogP contribution in [-0.2, 0) is 16.1 Å². The minimum atomic E-state index is -0.569. The third kappa shape index (κ3) is 8.03. The van der Waals surface area contributed by atoms with E-state index >= 15 is 0 Å². The van der Waals surface area contributed by atoms with Gasteiger partial charge in [0.25, 0.3) is 0 Å². The maximum absolute atomic E-state index is 13.2. The zero-order valence-corrected chi connectivity index (χ0v) is 20.5. The van der Waals surface area contributed by atoms with Crippen LogP contribution in [0.4, 0.5) is 0 Å². The van der Waals surface area contributed by atoms with Crippen LogP contribution in [0, 0.1) is 0 Å². The lowest BCUT2D eigenvalue weighted by atomic mass is 10.1. The van der Waals surface area contributed by atoms with E-state index in [1.165, 1.54) is 0 Å². The van der Waals surface area contributed by atoms with E-state index in [4.69, 9.17) is 27.9 Å². The standard InChI is InChI=1S/C25H32Cl2N2O3/c1-4-18(3)28-25(31)23(5-2)29(17-19-13-14-21(26)22(27)16-19)24(30)12-9-15-32-20-10-7-6-8-11-20/h6-8,10-11,13-14,16,18,23H,4-5,9,12,15,17H2,1-3H3,(H,28,31)/t18-,23+/m0/s1. The molecule has 2 amide bonds. The normalized spacial score (nSPS) is 12.7. The second-order valence-corrected chi connectivity index (χ2v) is 8.59. The fourth-order valence-corrected chi connectivity index (χ4v) is 3.59. The van der Waals surface area contributed by atoms with Crippen molar-refractivity contribution >= 4 is 35.0 Å². The van der Waals surface area contributed by atoms with Crippen molar-refractivity contribution in [3.8, 4) is 5.75 Å². The summed E-state index contributed by atoms with van der Waals surface area (Å²) in [7, 11) is 0. The Balaban J connectivity index is 2.10. The number of rotatable bonds is 12. The minimum Gasteiger partial charge on any atom is -0.494 e. The Labute approximate surface area is 201 Å². The lowest BCUT2D eigenvalue weighted by molar-refractivity contribution is -0.141. The molecule has 2 aromatic rings. The van der Waals surface area contributed by atoms with E-state index in [0.717, 1.165) is 17.7 Å². The fraction of sp³-hybridized carbons (Fsp3) is 0.440. The number of benzene rings is 2. The van der Waals surface area contributed by atoms with Crippen LogP contribution in [0.25, 0.3) is 0 Å². The number of nitrogens with zero attached hydrogens (tertiary/aromatic N) is 1. The highest BCUT2D eigenvalue weighted by Gasteiger charge is 2.29. The van der Waals surface area contributed by atoms with Gasteiger partial charge in [-0.3, -0.25) is 9.59 Å². The van der Waals surface area contributed by atoms with Gasteiger partial charge < -0.3 is 15.0 Å². The Bertz CT molecular complexity index is 877. The van der Waals surface area contributed by atoms with Crippen LogP contribution in [0.2, 0.25) is 10.0 Å². The van der Waals surface area contributed by atoms with Crippen LogP contribution in [0.3, 0.4) is 0 Å². The Kier molecular flexibility index (Phi) is 10.8. The summed E-state index contributed by atoms with van der Waals surface area (Å²) in [5.41, 5.74) is 0.822. The summed E-state index contributed by atoms with van der Waals surface area (Å²) in [4.78, 5) is 27.8. The van der Waals surface area contributed by atoms with Crippen LogP contribution in [-0.4, -0.2) is 35.4 Å². The quantitative estimate of drug-likeness (QED) is 0.387. The van der Waals surface area contributed by atoms with E-state index in [2.05, 4.69) is 5.32 Å². The summed E-state index contributed by atoms with van der Waals surface area (Å²) in [6, 6.07) is 14.2. The van der Waals surface area contributed by atoms with Gasteiger partial charge in [-0.1, -0.05) is 61.3 Å². The maximum Gasteiger partial charge on any atom is 0.243 e. The van der Waals surface area contributed by atoms with E-state index in [1.54, 1.807) is 17.0 Å². The van der Waals surface area contributed by atoms with E-state index in [-0.39, 0.29) is 30.8 Å². The van der Waals surface area contributed by atoms with Crippen LogP contribution >= 0.6 is 23.2 Å². The van der Waals surface area contributed by atoms with Crippen molar-refractivity contribution in [1.29, 1.82) is 0 Å². The zero-order valence-electron chi connectivity index (χ0n) is 18.9. The van der Waals surface area contributed by atoms with Gasteiger partial charge >= 0.3 is 0 Å². The first-order chi connectivity index (χ1) is 15.3.